The number of hydrogen-bond acceptors (Lipinski definition) is 8. The second kappa shape index (κ2) is 10.2. The van der Waals surface area contributed by atoms with E-state index in [2.05, 4.69) is 10.6 Å². The van der Waals surface area contributed by atoms with E-state index in [0.29, 0.717) is 0 Å². The minimum absolute atomic E-state index is 0.0292. The molecule has 0 saturated carbocycles. The molecule has 0 fully saturated rings. The molecule has 1 aromatic carbocycles. The maximum atomic E-state index is 11.7. The van der Waals surface area contributed by atoms with Crippen molar-refractivity contribution in [2.24, 2.45) is 0 Å². The summed E-state index contributed by atoms with van der Waals surface area (Å²) in [4.78, 5) is 33.1. The highest BCUT2D eigenvalue weighted by molar-refractivity contribution is 7.80. The first-order chi connectivity index (χ1) is 11.8. The van der Waals surface area contributed by atoms with E-state index in [1.54, 1.807) is 0 Å². The molecule has 11 heteroatoms. The standard InChI is InChI=1S/C14H17N3O7S/c1-23-6-7-24-13(20)5-4-12(19)16-14(25)15-10-8-9(17(21)22)2-3-11(10)18/h2-3,8,18H,4-7H2,1H3,(H2,15,16,19,25). The first-order valence-electron chi connectivity index (χ1n) is 7.06. The number of anilines is 1. The van der Waals surface area contributed by atoms with Crippen LogP contribution in [0.25, 0.3) is 0 Å². The average molecular weight is 371 g/mol. The van der Waals surface area contributed by atoms with Crippen molar-refractivity contribution < 1.29 is 29.1 Å². The van der Waals surface area contributed by atoms with Crippen LogP contribution in [0, 0.1) is 10.1 Å². The number of hydrogen-bond donors (Lipinski definition) is 3. The van der Waals surface area contributed by atoms with Gasteiger partial charge in [-0.3, -0.25) is 19.7 Å². The Bertz CT molecular complexity index is 666. The van der Waals surface area contributed by atoms with Gasteiger partial charge in [-0.05, 0) is 18.3 Å². The number of amides is 1. The Kier molecular flexibility index (Phi) is 8.23. The smallest absolute Gasteiger partial charge is 0.306 e. The first kappa shape index (κ1) is 20.3. The zero-order chi connectivity index (χ0) is 18.8. The molecule has 1 rings (SSSR count). The summed E-state index contributed by atoms with van der Waals surface area (Å²) in [7, 11) is 1.47. The number of benzene rings is 1. The Labute approximate surface area is 148 Å². The molecule has 0 aliphatic rings. The molecule has 0 aromatic heterocycles. The highest BCUT2D eigenvalue weighted by Crippen LogP contribution is 2.27. The van der Waals surface area contributed by atoms with Gasteiger partial charge in [0.15, 0.2) is 5.11 Å². The van der Waals surface area contributed by atoms with Gasteiger partial charge >= 0.3 is 5.97 Å². The molecule has 0 aliphatic heterocycles. The molecule has 136 valence electrons. The zero-order valence-electron chi connectivity index (χ0n) is 13.3. The summed E-state index contributed by atoms with van der Waals surface area (Å²) in [5, 5.41) is 25.0. The topological polar surface area (TPSA) is 140 Å². The van der Waals surface area contributed by atoms with Crippen molar-refractivity contribution in [3.05, 3.63) is 28.3 Å². The number of nitro groups is 1. The number of nitro benzene ring substituents is 1. The number of phenols is 1. The van der Waals surface area contributed by atoms with E-state index >= 15 is 0 Å². The van der Waals surface area contributed by atoms with E-state index in [4.69, 9.17) is 21.7 Å². The lowest BCUT2D eigenvalue weighted by molar-refractivity contribution is -0.384. The Morgan fingerprint density at radius 1 is 1.32 bits per heavy atom. The van der Waals surface area contributed by atoms with Crippen LogP contribution in [0.5, 0.6) is 5.75 Å². The second-order valence-corrected chi connectivity index (χ2v) is 5.08. The van der Waals surface area contributed by atoms with Crippen molar-refractivity contribution in [1.82, 2.24) is 5.32 Å². The number of methoxy groups -OCH3 is 1. The van der Waals surface area contributed by atoms with Crippen molar-refractivity contribution in [2.75, 3.05) is 25.6 Å². The van der Waals surface area contributed by atoms with Gasteiger partial charge in [-0.2, -0.15) is 0 Å². The van der Waals surface area contributed by atoms with Crippen LogP contribution in [0.4, 0.5) is 11.4 Å². The van der Waals surface area contributed by atoms with Gasteiger partial charge in [-0.15, -0.1) is 0 Å². The second-order valence-electron chi connectivity index (χ2n) is 4.67. The van der Waals surface area contributed by atoms with Crippen LogP contribution >= 0.6 is 12.2 Å². The summed E-state index contributed by atoms with van der Waals surface area (Å²) in [6.45, 7) is 0.363. The van der Waals surface area contributed by atoms with Crippen LogP contribution in [0.2, 0.25) is 0 Å². The summed E-state index contributed by atoms with van der Waals surface area (Å²) >= 11 is 4.89. The number of rotatable bonds is 8. The van der Waals surface area contributed by atoms with E-state index in [-0.39, 0.29) is 48.3 Å². The highest BCUT2D eigenvalue weighted by atomic mass is 32.1. The fourth-order valence-electron chi connectivity index (χ4n) is 1.61. The molecule has 10 nitrogen and oxygen atoms in total. The molecule has 0 aliphatic carbocycles. The molecule has 25 heavy (non-hydrogen) atoms. The predicted octanol–water partition coefficient (Wildman–Crippen LogP) is 1.08. The van der Waals surface area contributed by atoms with Gasteiger partial charge in [0.05, 0.1) is 23.6 Å². The molecule has 0 unspecified atom stereocenters. The fraction of sp³-hybridized carbons (Fsp3) is 0.357. The number of aromatic hydroxyl groups is 1. The molecule has 0 saturated heterocycles. The molecular weight excluding hydrogens is 354 g/mol. The van der Waals surface area contributed by atoms with Gasteiger partial charge in [0.2, 0.25) is 5.91 Å². The number of nitrogens with zero attached hydrogens (tertiary/aromatic N) is 1. The largest absolute Gasteiger partial charge is 0.506 e. The van der Waals surface area contributed by atoms with E-state index < -0.39 is 16.8 Å². The Hall–Kier alpha value is -2.79. The summed E-state index contributed by atoms with van der Waals surface area (Å²) in [6.07, 6.45) is -0.297. The summed E-state index contributed by atoms with van der Waals surface area (Å²) in [5.41, 5.74) is -0.285. The van der Waals surface area contributed by atoms with E-state index in [9.17, 15) is 24.8 Å². The van der Waals surface area contributed by atoms with Crippen molar-refractivity contribution in [3.8, 4) is 5.75 Å². The van der Waals surface area contributed by atoms with Crippen LogP contribution < -0.4 is 10.6 Å². The van der Waals surface area contributed by atoms with Gasteiger partial charge < -0.3 is 25.2 Å². The van der Waals surface area contributed by atoms with E-state index in [0.717, 1.165) is 18.2 Å². The minimum atomic E-state index is -0.637. The SMILES string of the molecule is COCCOC(=O)CCC(=O)NC(=S)Nc1cc([N+](=O)[O-])ccc1O. The lowest BCUT2D eigenvalue weighted by Crippen LogP contribution is -2.34. The van der Waals surface area contributed by atoms with Gasteiger partial charge in [-0.1, -0.05) is 0 Å². The van der Waals surface area contributed by atoms with Crippen molar-refractivity contribution in [2.45, 2.75) is 12.8 Å². The number of nitrogens with one attached hydrogen (secondary N) is 2. The number of phenolic OH excluding ortho intramolecular Hbond substituents is 1. The highest BCUT2D eigenvalue weighted by Gasteiger charge is 2.13. The first-order valence-corrected chi connectivity index (χ1v) is 7.47. The number of carbonyl (C=O) groups is 2. The van der Waals surface area contributed by atoms with Crippen LogP contribution in [0.1, 0.15) is 12.8 Å². The average Bonchev–Trinajstić information content (AvgIpc) is 2.55. The molecule has 0 spiro atoms. The Morgan fingerprint density at radius 3 is 2.68 bits per heavy atom. The van der Waals surface area contributed by atoms with Gasteiger partial charge in [-0.25, -0.2) is 0 Å². The predicted molar refractivity (Wildman–Crippen MR) is 91.2 cm³/mol. The van der Waals surface area contributed by atoms with Gasteiger partial charge in [0, 0.05) is 25.7 Å². The third kappa shape index (κ3) is 7.54. The number of carbonyl (C=O) groups excluding carboxylic acids is 2. The Morgan fingerprint density at radius 2 is 2.04 bits per heavy atom. The zero-order valence-corrected chi connectivity index (χ0v) is 14.1. The summed E-state index contributed by atoms with van der Waals surface area (Å²) < 4.78 is 9.51. The summed E-state index contributed by atoms with van der Waals surface area (Å²) in [6, 6.07) is 3.32. The molecule has 0 bridgehead atoms. The van der Waals surface area contributed by atoms with Crippen LogP contribution in [-0.4, -0.2) is 47.3 Å². The molecule has 0 atom stereocenters. The van der Waals surface area contributed by atoms with Crippen molar-refractivity contribution in [3.63, 3.8) is 0 Å². The van der Waals surface area contributed by atoms with Crippen LogP contribution in [0.3, 0.4) is 0 Å². The molecule has 3 N–H and O–H groups in total. The Balaban J connectivity index is 2.46. The maximum Gasteiger partial charge on any atom is 0.306 e. The quantitative estimate of drug-likeness (QED) is 0.153. The number of ether oxygens (including phenoxy) is 2. The fourth-order valence-corrected chi connectivity index (χ4v) is 1.83. The van der Waals surface area contributed by atoms with Crippen LogP contribution in [0.15, 0.2) is 18.2 Å². The number of non-ortho nitro benzene ring substituents is 1. The van der Waals surface area contributed by atoms with Crippen molar-refractivity contribution >= 4 is 40.6 Å². The normalized spacial score (nSPS) is 9.96. The molecule has 0 radical (unpaired) electrons. The molecule has 1 aromatic rings. The maximum absolute atomic E-state index is 11.7. The van der Waals surface area contributed by atoms with E-state index in [1.165, 1.54) is 7.11 Å². The third-order valence-corrected chi connectivity index (χ3v) is 3.00. The van der Waals surface area contributed by atoms with Crippen molar-refractivity contribution in [1.29, 1.82) is 0 Å². The van der Waals surface area contributed by atoms with Gasteiger partial charge in [0.25, 0.3) is 5.69 Å². The monoisotopic (exact) mass is 371 g/mol. The van der Waals surface area contributed by atoms with E-state index in [1.807, 2.05) is 0 Å². The minimum Gasteiger partial charge on any atom is -0.506 e. The lowest BCUT2D eigenvalue weighted by Gasteiger charge is -2.10. The van der Waals surface area contributed by atoms with Crippen LogP contribution in [-0.2, 0) is 19.1 Å². The third-order valence-electron chi connectivity index (χ3n) is 2.80. The molecule has 0 heterocycles. The molecular formula is C14H17N3O7S. The van der Waals surface area contributed by atoms with Gasteiger partial charge in [0.1, 0.15) is 12.4 Å². The lowest BCUT2D eigenvalue weighted by atomic mass is 10.2. The number of thiocarbonyl (C=S) groups is 1. The molecule has 1 amide bonds. The summed E-state index contributed by atoms with van der Waals surface area (Å²) in [5.74, 6) is -1.38. The number of esters is 1.